The van der Waals surface area contributed by atoms with Crippen LogP contribution in [0.2, 0.25) is 0 Å². The molecule has 33 heavy (non-hydrogen) atoms. The molecule has 1 aromatic heterocycles. The maximum absolute atomic E-state index is 13.1. The minimum Gasteiger partial charge on any atom is -0.457 e. The third-order valence-electron chi connectivity index (χ3n) is 6.01. The van der Waals surface area contributed by atoms with Gasteiger partial charge in [0.2, 0.25) is 5.91 Å². The molecule has 0 saturated carbocycles. The summed E-state index contributed by atoms with van der Waals surface area (Å²) in [6, 6.07) is 30.3. The summed E-state index contributed by atoms with van der Waals surface area (Å²) in [4.78, 5) is 17.8. The van der Waals surface area contributed by atoms with Gasteiger partial charge in [0.1, 0.15) is 11.5 Å². The van der Waals surface area contributed by atoms with Gasteiger partial charge in [0.05, 0.1) is 5.69 Å². The van der Waals surface area contributed by atoms with Crippen LogP contribution in [0.4, 0.5) is 5.13 Å². The van der Waals surface area contributed by atoms with Gasteiger partial charge in [-0.2, -0.15) is 0 Å². The molecule has 2 heterocycles. The number of nitrogens with one attached hydrogen (secondary N) is 1. The molecule has 1 amide bonds. The molecule has 0 bridgehead atoms. The minimum absolute atomic E-state index is 0.0645. The van der Waals surface area contributed by atoms with Gasteiger partial charge in [0, 0.05) is 34.4 Å². The van der Waals surface area contributed by atoms with E-state index in [9.17, 15) is 4.79 Å². The first-order valence-corrected chi connectivity index (χ1v) is 11.7. The molecule has 0 radical (unpaired) electrons. The molecule has 160 valence electrons. The second kappa shape index (κ2) is 8.19. The van der Waals surface area contributed by atoms with Crippen LogP contribution in [-0.4, -0.2) is 10.9 Å². The predicted octanol–water partition coefficient (Wildman–Crippen LogP) is 7.23. The Morgan fingerprint density at radius 2 is 1.52 bits per heavy atom. The summed E-state index contributed by atoms with van der Waals surface area (Å²) in [6.45, 7) is 0. The van der Waals surface area contributed by atoms with Crippen molar-refractivity contribution < 1.29 is 9.53 Å². The van der Waals surface area contributed by atoms with Crippen molar-refractivity contribution in [2.24, 2.45) is 0 Å². The van der Waals surface area contributed by atoms with E-state index in [2.05, 4.69) is 29.6 Å². The maximum Gasteiger partial charge on any atom is 0.227 e. The minimum atomic E-state index is -0.0661. The molecule has 0 aliphatic carbocycles. The molecule has 1 aliphatic rings. The molecule has 1 aliphatic heterocycles. The fraction of sp³-hybridized carbons (Fsp3) is 0.0714. The van der Waals surface area contributed by atoms with Crippen LogP contribution >= 0.6 is 11.3 Å². The molecule has 0 atom stereocenters. The van der Waals surface area contributed by atoms with E-state index in [1.54, 1.807) is 0 Å². The number of rotatable bonds is 4. The first-order chi connectivity index (χ1) is 16.3. The highest BCUT2D eigenvalue weighted by atomic mass is 32.1. The van der Waals surface area contributed by atoms with E-state index in [4.69, 9.17) is 9.72 Å². The fourth-order valence-electron chi connectivity index (χ4n) is 4.49. The van der Waals surface area contributed by atoms with E-state index < -0.39 is 0 Å². The zero-order valence-electron chi connectivity index (χ0n) is 17.7. The smallest absolute Gasteiger partial charge is 0.227 e. The third kappa shape index (κ3) is 3.66. The average Bonchev–Trinajstić information content (AvgIpc) is 3.31. The summed E-state index contributed by atoms with van der Waals surface area (Å²) in [5.74, 6) is 1.48. The van der Waals surface area contributed by atoms with Crippen LogP contribution in [0.1, 0.15) is 23.5 Å². The van der Waals surface area contributed by atoms with Gasteiger partial charge < -0.3 is 10.1 Å². The number of anilines is 1. The third-order valence-corrected chi connectivity index (χ3v) is 6.77. The number of carbonyl (C=O) groups is 1. The number of aromatic nitrogens is 1. The molecule has 4 nitrogen and oxygen atoms in total. The number of ether oxygens (including phenoxy) is 1. The number of thiazole rings is 1. The van der Waals surface area contributed by atoms with Crippen molar-refractivity contribution in [1.29, 1.82) is 0 Å². The van der Waals surface area contributed by atoms with Crippen molar-refractivity contribution in [3.63, 3.8) is 0 Å². The van der Waals surface area contributed by atoms with Crippen LogP contribution in [0.15, 0.2) is 96.4 Å². The summed E-state index contributed by atoms with van der Waals surface area (Å²) in [6.07, 6.45) is 0.320. The Kier molecular flexibility index (Phi) is 4.89. The first-order valence-electron chi connectivity index (χ1n) is 10.9. The van der Waals surface area contributed by atoms with E-state index in [0.29, 0.717) is 11.6 Å². The number of para-hydroxylation sites is 2. The van der Waals surface area contributed by atoms with Crippen molar-refractivity contribution in [3.05, 3.63) is 108 Å². The van der Waals surface area contributed by atoms with Gasteiger partial charge in [0.25, 0.3) is 0 Å². The van der Waals surface area contributed by atoms with Crippen LogP contribution < -0.4 is 10.1 Å². The molecule has 5 aromatic rings. The van der Waals surface area contributed by atoms with E-state index in [1.807, 2.05) is 72.1 Å². The van der Waals surface area contributed by atoms with Crippen molar-refractivity contribution in [3.8, 4) is 22.8 Å². The highest BCUT2D eigenvalue weighted by Crippen LogP contribution is 2.45. The van der Waals surface area contributed by atoms with Gasteiger partial charge >= 0.3 is 0 Å². The number of benzene rings is 4. The molecule has 1 N–H and O–H groups in total. The first kappa shape index (κ1) is 19.7. The number of fused-ring (bicyclic) bond motifs is 3. The largest absolute Gasteiger partial charge is 0.457 e. The Hall–Kier alpha value is -3.96. The normalized spacial score (nSPS) is 12.6. The average molecular weight is 449 g/mol. The summed E-state index contributed by atoms with van der Waals surface area (Å²) < 4.78 is 6.05. The van der Waals surface area contributed by atoms with E-state index >= 15 is 0 Å². The number of hydrogen-bond acceptors (Lipinski definition) is 4. The van der Waals surface area contributed by atoms with Crippen molar-refractivity contribution >= 4 is 33.1 Å². The Balaban J connectivity index is 1.26. The maximum atomic E-state index is 13.1. The van der Waals surface area contributed by atoms with E-state index in [1.165, 1.54) is 16.7 Å². The highest BCUT2D eigenvalue weighted by molar-refractivity contribution is 7.14. The molecule has 0 spiro atoms. The summed E-state index contributed by atoms with van der Waals surface area (Å²) in [5.41, 5.74) is 4.00. The lowest BCUT2D eigenvalue weighted by Gasteiger charge is -2.27. The van der Waals surface area contributed by atoms with Crippen LogP contribution in [0.5, 0.6) is 11.5 Å². The topological polar surface area (TPSA) is 51.2 Å². The van der Waals surface area contributed by atoms with Gasteiger partial charge in [-0.15, -0.1) is 11.3 Å². The van der Waals surface area contributed by atoms with Gasteiger partial charge in [-0.3, -0.25) is 4.79 Å². The molecule has 0 fully saturated rings. The van der Waals surface area contributed by atoms with Gasteiger partial charge in [-0.05, 0) is 22.9 Å². The monoisotopic (exact) mass is 448 g/mol. The fourth-order valence-corrected chi connectivity index (χ4v) is 5.21. The Morgan fingerprint density at radius 3 is 2.30 bits per heavy atom. The lowest BCUT2D eigenvalue weighted by molar-refractivity contribution is -0.116. The molecule has 6 rings (SSSR count). The second-order valence-corrected chi connectivity index (χ2v) is 8.91. The highest BCUT2D eigenvalue weighted by Gasteiger charge is 2.28. The zero-order valence-corrected chi connectivity index (χ0v) is 18.5. The van der Waals surface area contributed by atoms with Crippen molar-refractivity contribution in [1.82, 2.24) is 4.98 Å². The SMILES string of the molecule is O=C(CC1c2ccccc2Oc2ccccc21)Nc1nc(-c2cccc3ccccc23)cs1. The van der Waals surface area contributed by atoms with Gasteiger partial charge in [0.15, 0.2) is 5.13 Å². The molecular formula is C28H20N2O2S. The molecule has 0 unspecified atom stereocenters. The Labute approximate surface area is 195 Å². The molecule has 0 saturated heterocycles. The number of amides is 1. The standard InChI is InChI=1S/C28H20N2O2S/c31-27(16-23-21-11-3-5-14-25(21)32-26-15-6-4-12-22(23)26)30-28-29-24(17-33-28)20-13-7-9-18-8-1-2-10-19(18)20/h1-15,17,23H,16H2,(H,29,30,31). The summed E-state index contributed by atoms with van der Waals surface area (Å²) >= 11 is 1.45. The lowest BCUT2D eigenvalue weighted by atomic mass is 9.85. The van der Waals surface area contributed by atoms with Crippen LogP contribution in [0.25, 0.3) is 22.0 Å². The van der Waals surface area contributed by atoms with Gasteiger partial charge in [-0.1, -0.05) is 78.9 Å². The van der Waals surface area contributed by atoms with Crippen molar-refractivity contribution in [2.45, 2.75) is 12.3 Å². The van der Waals surface area contributed by atoms with Crippen LogP contribution in [0, 0.1) is 0 Å². The number of nitrogens with zero attached hydrogens (tertiary/aromatic N) is 1. The Morgan fingerprint density at radius 1 is 0.848 bits per heavy atom. The number of hydrogen-bond donors (Lipinski definition) is 1. The molecular weight excluding hydrogens is 428 g/mol. The van der Waals surface area contributed by atoms with Crippen LogP contribution in [-0.2, 0) is 4.79 Å². The van der Waals surface area contributed by atoms with Gasteiger partial charge in [-0.25, -0.2) is 4.98 Å². The van der Waals surface area contributed by atoms with Crippen molar-refractivity contribution in [2.75, 3.05) is 5.32 Å². The van der Waals surface area contributed by atoms with Crippen LogP contribution in [0.3, 0.4) is 0 Å². The summed E-state index contributed by atoms with van der Waals surface area (Å²) in [5, 5.41) is 7.94. The van der Waals surface area contributed by atoms with E-state index in [0.717, 1.165) is 39.3 Å². The predicted molar refractivity (Wildman–Crippen MR) is 133 cm³/mol. The zero-order chi connectivity index (χ0) is 22.2. The second-order valence-electron chi connectivity index (χ2n) is 8.05. The summed E-state index contributed by atoms with van der Waals surface area (Å²) in [7, 11) is 0. The van der Waals surface area contributed by atoms with E-state index in [-0.39, 0.29) is 11.8 Å². The quantitative estimate of drug-likeness (QED) is 0.315. The lowest BCUT2D eigenvalue weighted by Crippen LogP contribution is -2.19. The number of carbonyl (C=O) groups excluding carboxylic acids is 1. The molecule has 4 aromatic carbocycles. The molecule has 5 heteroatoms. The Bertz CT molecular complexity index is 1440.